The molecule has 1 aliphatic rings. The molecule has 25 heavy (non-hydrogen) atoms. The largest absolute Gasteiger partial charge is 0.478 e. The first-order valence-electron chi connectivity index (χ1n) is 8.89. The van der Waals surface area contributed by atoms with Gasteiger partial charge in [0.15, 0.2) is 0 Å². The second-order valence-electron chi connectivity index (χ2n) is 8.32. The third-order valence-electron chi connectivity index (χ3n) is 5.75. The molecule has 0 amide bonds. The summed E-state index contributed by atoms with van der Waals surface area (Å²) in [5.74, 6) is -1.51. The first-order valence-corrected chi connectivity index (χ1v) is 8.89. The van der Waals surface area contributed by atoms with E-state index in [0.29, 0.717) is 18.4 Å². The Morgan fingerprint density at radius 3 is 2.32 bits per heavy atom. The van der Waals surface area contributed by atoms with Gasteiger partial charge in [0.1, 0.15) is 0 Å². The van der Waals surface area contributed by atoms with Gasteiger partial charge in [-0.15, -0.1) is 0 Å². The molecule has 5 nitrogen and oxygen atoms in total. The molecule has 1 aliphatic carbocycles. The van der Waals surface area contributed by atoms with Crippen LogP contribution in [0.15, 0.2) is 23.3 Å². The maximum atomic E-state index is 11.1. The van der Waals surface area contributed by atoms with Gasteiger partial charge in [-0.05, 0) is 77.0 Å². The first kappa shape index (κ1) is 21.4. The number of carboxylic acid groups (broad SMARTS) is 2. The Bertz CT molecular complexity index is 567. The zero-order chi connectivity index (χ0) is 19.4. The summed E-state index contributed by atoms with van der Waals surface area (Å²) in [4.78, 5) is 21.9. The zero-order valence-corrected chi connectivity index (χ0v) is 16.0. The van der Waals surface area contributed by atoms with E-state index in [4.69, 9.17) is 10.2 Å². The highest BCUT2D eigenvalue weighted by Gasteiger charge is 2.48. The van der Waals surface area contributed by atoms with Crippen molar-refractivity contribution in [1.29, 1.82) is 0 Å². The number of aliphatic carboxylic acids is 2. The van der Waals surface area contributed by atoms with Crippen molar-refractivity contribution in [2.75, 3.05) is 0 Å². The van der Waals surface area contributed by atoms with Gasteiger partial charge in [-0.25, -0.2) is 9.59 Å². The predicted molar refractivity (Wildman–Crippen MR) is 97.3 cm³/mol. The van der Waals surface area contributed by atoms with Crippen LogP contribution in [0, 0.1) is 17.3 Å². The van der Waals surface area contributed by atoms with Gasteiger partial charge in [0.2, 0.25) is 0 Å². The molecule has 0 heterocycles. The molecule has 0 bridgehead atoms. The van der Waals surface area contributed by atoms with Gasteiger partial charge in [-0.3, -0.25) is 0 Å². The fourth-order valence-electron chi connectivity index (χ4n) is 4.15. The lowest BCUT2D eigenvalue weighted by molar-refractivity contribution is -0.133. The van der Waals surface area contributed by atoms with Crippen LogP contribution in [0.4, 0.5) is 0 Å². The van der Waals surface area contributed by atoms with E-state index in [1.54, 1.807) is 13.0 Å². The van der Waals surface area contributed by atoms with Gasteiger partial charge in [0.05, 0.1) is 5.60 Å². The highest BCUT2D eigenvalue weighted by atomic mass is 16.4. The number of hydrogen-bond donors (Lipinski definition) is 3. The third kappa shape index (κ3) is 5.99. The molecule has 0 aromatic rings. The quantitative estimate of drug-likeness (QED) is 0.574. The standard InChI is InChI=1S/C20H32O5/c1-13(12-17(21)22)6-7-16-15(19(3,4)25)9-11-20(16,5)10-8-14(2)18(23)24/h8,12,15-16,25H,6-7,9-11H2,1-5H3,(H,21,22)(H,23,24)/b13-12+,14-8+/t15-,16+,20+/m0/s1. The summed E-state index contributed by atoms with van der Waals surface area (Å²) in [6, 6.07) is 0. The molecule has 0 saturated heterocycles. The number of rotatable bonds is 8. The van der Waals surface area contributed by atoms with Crippen molar-refractivity contribution in [1.82, 2.24) is 0 Å². The molecule has 0 unspecified atom stereocenters. The Morgan fingerprint density at radius 2 is 1.84 bits per heavy atom. The Morgan fingerprint density at radius 1 is 1.24 bits per heavy atom. The molecule has 142 valence electrons. The van der Waals surface area contributed by atoms with Gasteiger partial charge < -0.3 is 15.3 Å². The summed E-state index contributed by atoms with van der Waals surface area (Å²) in [7, 11) is 0. The normalized spacial score (nSPS) is 28.2. The van der Waals surface area contributed by atoms with Gasteiger partial charge in [-0.2, -0.15) is 0 Å². The van der Waals surface area contributed by atoms with E-state index in [1.165, 1.54) is 6.08 Å². The smallest absolute Gasteiger partial charge is 0.330 e. The predicted octanol–water partition coefficient (Wildman–Crippen LogP) is 4.02. The van der Waals surface area contributed by atoms with E-state index in [2.05, 4.69) is 6.92 Å². The van der Waals surface area contributed by atoms with Crippen LogP contribution >= 0.6 is 0 Å². The van der Waals surface area contributed by atoms with Crippen molar-refractivity contribution >= 4 is 11.9 Å². The van der Waals surface area contributed by atoms with Crippen LogP contribution in [-0.2, 0) is 9.59 Å². The number of carbonyl (C=O) groups is 2. The Balaban J connectivity index is 3.00. The van der Waals surface area contributed by atoms with Gasteiger partial charge in [0, 0.05) is 11.6 Å². The van der Waals surface area contributed by atoms with Crippen LogP contribution in [-0.4, -0.2) is 32.9 Å². The van der Waals surface area contributed by atoms with Crippen molar-refractivity contribution in [3.8, 4) is 0 Å². The van der Waals surface area contributed by atoms with E-state index < -0.39 is 17.5 Å². The molecule has 0 spiro atoms. The highest BCUT2D eigenvalue weighted by molar-refractivity contribution is 5.85. The summed E-state index contributed by atoms with van der Waals surface area (Å²) < 4.78 is 0. The minimum Gasteiger partial charge on any atom is -0.478 e. The average Bonchev–Trinajstić information content (AvgIpc) is 2.79. The van der Waals surface area contributed by atoms with E-state index >= 15 is 0 Å². The first-order chi connectivity index (χ1) is 11.4. The fourth-order valence-corrected chi connectivity index (χ4v) is 4.15. The second-order valence-corrected chi connectivity index (χ2v) is 8.32. The number of allylic oxidation sites excluding steroid dienone is 2. The molecule has 1 saturated carbocycles. The molecule has 1 rings (SSSR count). The highest BCUT2D eigenvalue weighted by Crippen LogP contribution is 2.54. The van der Waals surface area contributed by atoms with Crippen LogP contribution in [0.1, 0.15) is 66.7 Å². The summed E-state index contributed by atoms with van der Waals surface area (Å²) in [5, 5.41) is 28.5. The van der Waals surface area contributed by atoms with E-state index in [1.807, 2.05) is 20.8 Å². The molecule has 3 N–H and O–H groups in total. The van der Waals surface area contributed by atoms with Crippen LogP contribution < -0.4 is 0 Å². The SMILES string of the molecule is C/C(=C\C(=O)O)CC[C@@H]1[C@@H](C(C)(C)O)CC[C@@]1(C)C/C=C(\C)C(=O)O. The summed E-state index contributed by atoms with van der Waals surface area (Å²) >= 11 is 0. The molecule has 5 heteroatoms. The second kappa shape index (κ2) is 8.17. The van der Waals surface area contributed by atoms with Gasteiger partial charge in [-0.1, -0.05) is 18.6 Å². The molecule has 0 aromatic carbocycles. The Hall–Kier alpha value is -1.62. The summed E-state index contributed by atoms with van der Waals surface area (Å²) in [6.07, 6.45) is 6.96. The molecular weight excluding hydrogens is 320 g/mol. The van der Waals surface area contributed by atoms with Gasteiger partial charge >= 0.3 is 11.9 Å². The molecule has 3 atom stereocenters. The van der Waals surface area contributed by atoms with Crippen LogP contribution in [0.3, 0.4) is 0 Å². The molecule has 0 aromatic heterocycles. The van der Waals surface area contributed by atoms with Crippen molar-refractivity contribution in [2.24, 2.45) is 17.3 Å². The monoisotopic (exact) mass is 352 g/mol. The lowest BCUT2D eigenvalue weighted by Gasteiger charge is -2.38. The van der Waals surface area contributed by atoms with Crippen molar-refractivity contribution in [3.05, 3.63) is 23.3 Å². The average molecular weight is 352 g/mol. The maximum Gasteiger partial charge on any atom is 0.330 e. The lowest BCUT2D eigenvalue weighted by atomic mass is 9.68. The molecule has 0 aliphatic heterocycles. The van der Waals surface area contributed by atoms with Gasteiger partial charge in [0.25, 0.3) is 0 Å². The Kier molecular flexibility index (Phi) is 7.00. The van der Waals surface area contributed by atoms with Crippen LogP contribution in [0.25, 0.3) is 0 Å². The van der Waals surface area contributed by atoms with Crippen molar-refractivity contribution < 1.29 is 24.9 Å². The molecule has 0 radical (unpaired) electrons. The Labute approximate surface area is 150 Å². The van der Waals surface area contributed by atoms with Crippen LogP contribution in [0.5, 0.6) is 0 Å². The van der Waals surface area contributed by atoms with Crippen LogP contribution in [0.2, 0.25) is 0 Å². The maximum absolute atomic E-state index is 11.1. The fraction of sp³-hybridized carbons (Fsp3) is 0.700. The minimum absolute atomic E-state index is 0.0924. The minimum atomic E-state index is -0.939. The topological polar surface area (TPSA) is 94.8 Å². The number of aliphatic hydroxyl groups is 1. The summed E-state index contributed by atoms with van der Waals surface area (Å²) in [6.45, 7) is 9.23. The van der Waals surface area contributed by atoms with E-state index in [9.17, 15) is 14.7 Å². The zero-order valence-electron chi connectivity index (χ0n) is 16.0. The lowest BCUT2D eigenvalue weighted by Crippen LogP contribution is -2.37. The molecule has 1 fully saturated rings. The number of carboxylic acids is 2. The van der Waals surface area contributed by atoms with E-state index in [-0.39, 0.29) is 17.3 Å². The molecular formula is C20H32O5. The summed E-state index contributed by atoms with van der Waals surface area (Å²) in [5.41, 5.74) is 0.255. The third-order valence-corrected chi connectivity index (χ3v) is 5.75. The van der Waals surface area contributed by atoms with Crippen molar-refractivity contribution in [2.45, 2.75) is 72.3 Å². The van der Waals surface area contributed by atoms with E-state index in [0.717, 1.165) is 24.8 Å². The number of hydrogen-bond acceptors (Lipinski definition) is 3. The van der Waals surface area contributed by atoms with Crippen molar-refractivity contribution in [3.63, 3.8) is 0 Å².